The van der Waals surface area contributed by atoms with E-state index >= 15 is 0 Å². The topological polar surface area (TPSA) is 137 Å². The summed E-state index contributed by atoms with van der Waals surface area (Å²) in [5.74, 6) is 1.62. The molecule has 2 atom stereocenters. The van der Waals surface area contributed by atoms with Crippen LogP contribution in [0.5, 0.6) is 23.0 Å². The zero-order valence-electron chi connectivity index (χ0n) is 41.0. The summed E-state index contributed by atoms with van der Waals surface area (Å²) in [6, 6.07) is 19.8. The average Bonchev–Trinajstić information content (AvgIpc) is 3.34. The summed E-state index contributed by atoms with van der Waals surface area (Å²) >= 11 is 1.42. The molecular formula is C52H73AlO9P2. The van der Waals surface area contributed by atoms with Crippen molar-refractivity contribution in [2.24, 2.45) is 0 Å². The van der Waals surface area contributed by atoms with Crippen LogP contribution in [0, 0.1) is 0 Å². The first-order valence-corrected chi connectivity index (χ1v) is 26.3. The van der Waals surface area contributed by atoms with Gasteiger partial charge in [0.25, 0.3) is 0 Å². The van der Waals surface area contributed by atoms with E-state index in [4.69, 9.17) is 22.3 Å². The van der Waals surface area contributed by atoms with Crippen molar-refractivity contribution in [1.82, 2.24) is 0 Å². The van der Waals surface area contributed by atoms with Gasteiger partial charge < -0.3 is 27.9 Å². The molecule has 12 heteroatoms. The fraction of sp³-hybridized carbons (Fsp3) is 0.538. The van der Waals surface area contributed by atoms with Crippen molar-refractivity contribution in [3.8, 4) is 23.0 Å². The van der Waals surface area contributed by atoms with Gasteiger partial charge in [-0.15, -0.1) is 0 Å². The molecular weight excluding hydrogens is 857 g/mol. The van der Waals surface area contributed by atoms with Crippen LogP contribution in [0.15, 0.2) is 60.7 Å². The third kappa shape index (κ3) is 14.5. The van der Waals surface area contributed by atoms with Gasteiger partial charge in [0.05, 0.1) is 0 Å². The van der Waals surface area contributed by atoms with E-state index < -0.39 is 15.6 Å². The molecule has 0 amide bonds. The van der Waals surface area contributed by atoms with E-state index in [1.54, 1.807) is 12.1 Å². The van der Waals surface area contributed by atoms with E-state index in [-0.39, 0.29) is 21.7 Å². The summed E-state index contributed by atoms with van der Waals surface area (Å²) in [5.41, 5.74) is 10.2. The van der Waals surface area contributed by atoms with Crippen LogP contribution in [-0.4, -0.2) is 20.8 Å². The van der Waals surface area contributed by atoms with Crippen molar-refractivity contribution in [1.29, 1.82) is 0 Å². The van der Waals surface area contributed by atoms with Crippen molar-refractivity contribution in [2.75, 3.05) is 0 Å². The molecule has 0 saturated heterocycles. The molecule has 4 bridgehead atoms. The molecule has 64 heavy (non-hydrogen) atoms. The van der Waals surface area contributed by atoms with Crippen molar-refractivity contribution < 1.29 is 41.2 Å². The quantitative estimate of drug-likeness (QED) is 0.122. The third-order valence-corrected chi connectivity index (χ3v) is 13.6. The van der Waals surface area contributed by atoms with Gasteiger partial charge in [-0.2, -0.15) is 0 Å². The Kier molecular flexibility index (Phi) is 17.8. The Morgan fingerprint density at radius 1 is 0.469 bits per heavy atom. The molecule has 0 heterocycles. The second kappa shape index (κ2) is 21.3. The second-order valence-electron chi connectivity index (χ2n) is 21.3. The van der Waals surface area contributed by atoms with Crippen LogP contribution in [0.2, 0.25) is 0 Å². The van der Waals surface area contributed by atoms with Crippen molar-refractivity contribution in [2.45, 2.75) is 183 Å². The molecule has 0 aliphatic heterocycles. The molecule has 9 nitrogen and oxygen atoms in total. The fourth-order valence-corrected chi connectivity index (χ4v) is 9.77. The number of rotatable bonds is 10. The van der Waals surface area contributed by atoms with Gasteiger partial charge in [0.2, 0.25) is 0 Å². The van der Waals surface area contributed by atoms with Crippen molar-refractivity contribution in [3.05, 3.63) is 116 Å². The minimum atomic E-state index is -4.59. The van der Waals surface area contributed by atoms with Gasteiger partial charge in [-0.05, 0) is 154 Å². The van der Waals surface area contributed by atoms with Crippen LogP contribution in [0.1, 0.15) is 178 Å². The summed E-state index contributed by atoms with van der Waals surface area (Å²) < 4.78 is 55.0. The SMILES string of the molecule is CCc1cc(C(C)(C)C)ccc1OP(=O)([O-])Oc1c2cc(C(C)(C)C)cc1CCCC2.CCc1cc(C(C)(C)C)ccc1OP(=O)([O-])Oc1c2cc(C(C)(C)C)cc1CCCC2.[OH][Al+2]. The summed E-state index contributed by atoms with van der Waals surface area (Å²) in [6.07, 6.45) is 8.68. The molecule has 348 valence electrons. The van der Waals surface area contributed by atoms with Gasteiger partial charge in [0.1, 0.15) is 23.0 Å². The van der Waals surface area contributed by atoms with Gasteiger partial charge in [-0.3, -0.25) is 0 Å². The van der Waals surface area contributed by atoms with Gasteiger partial charge in [-0.1, -0.05) is 145 Å². The van der Waals surface area contributed by atoms with Crippen molar-refractivity contribution in [3.63, 3.8) is 0 Å². The molecule has 0 radical (unpaired) electrons. The molecule has 6 rings (SSSR count). The summed E-state index contributed by atoms with van der Waals surface area (Å²) in [7, 11) is -9.18. The number of aryl methyl sites for hydroxylation is 6. The van der Waals surface area contributed by atoms with E-state index in [1.165, 1.54) is 27.8 Å². The van der Waals surface area contributed by atoms with E-state index in [0.717, 1.165) is 95.9 Å². The third-order valence-electron chi connectivity index (χ3n) is 11.9. The van der Waals surface area contributed by atoms with Crippen LogP contribution in [-0.2, 0) is 69.3 Å². The van der Waals surface area contributed by atoms with E-state index in [0.29, 0.717) is 35.8 Å². The van der Waals surface area contributed by atoms with Crippen LogP contribution in [0.4, 0.5) is 0 Å². The summed E-state index contributed by atoms with van der Waals surface area (Å²) in [5, 5.41) is 0. The van der Waals surface area contributed by atoms with Crippen LogP contribution in [0.3, 0.4) is 0 Å². The monoisotopic (exact) mass is 930 g/mol. The Morgan fingerprint density at radius 3 is 0.969 bits per heavy atom. The number of fused-ring (bicyclic) bond motifs is 4. The zero-order chi connectivity index (χ0) is 48.1. The molecule has 0 aromatic heterocycles. The predicted octanol–water partition coefficient (Wildman–Crippen LogP) is 12.4. The van der Waals surface area contributed by atoms with Crippen LogP contribution in [0.25, 0.3) is 0 Å². The first-order valence-electron chi connectivity index (χ1n) is 22.9. The molecule has 0 spiro atoms. The standard InChI is InChI=1S/2C26H37O4P.Al.H2O/c2*1-8-18-15-21(25(2,3)4)13-14-23(18)29-31(27,28)30-24-19-11-9-10-12-20(24)17-22(16-19)26(5,6)7;;/h2*13-17H,8-12H2,1-7H3,(H,27,28);;1H2/q;;+3;/p-3. The predicted molar refractivity (Wildman–Crippen MR) is 258 cm³/mol. The zero-order valence-corrected chi connectivity index (χ0v) is 44.0. The average molecular weight is 931 g/mol. The van der Waals surface area contributed by atoms with Gasteiger partial charge in [0, 0.05) is 0 Å². The molecule has 1 N–H and O–H groups in total. The number of hydrogen-bond acceptors (Lipinski definition) is 9. The Labute approximate surface area is 393 Å². The molecule has 2 aliphatic carbocycles. The van der Waals surface area contributed by atoms with E-state index in [1.807, 2.05) is 38.1 Å². The molecule has 0 saturated carbocycles. The number of benzene rings is 4. The summed E-state index contributed by atoms with van der Waals surface area (Å²) in [4.78, 5) is 25.9. The maximum absolute atomic E-state index is 12.9. The number of hydrogen-bond donors (Lipinski definition) is 1. The Morgan fingerprint density at radius 2 is 0.734 bits per heavy atom. The number of phosphoric ester groups is 2. The molecule has 4 aromatic carbocycles. The number of phosphoric acid groups is 2. The van der Waals surface area contributed by atoms with Crippen LogP contribution >= 0.6 is 15.6 Å². The van der Waals surface area contributed by atoms with E-state index in [2.05, 4.69) is 107 Å². The van der Waals surface area contributed by atoms with Gasteiger partial charge in [0.15, 0.2) is 0 Å². The van der Waals surface area contributed by atoms with Gasteiger partial charge in [-0.25, -0.2) is 9.13 Å². The Bertz CT molecular complexity index is 2110. The maximum atomic E-state index is 12.9. The first-order chi connectivity index (χ1) is 29.6. The Balaban J connectivity index is 0.000000270. The normalized spacial score (nSPS) is 16.0. The Hall–Kier alpha value is -3.05. The van der Waals surface area contributed by atoms with Crippen molar-refractivity contribution >= 4 is 32.3 Å². The van der Waals surface area contributed by atoms with E-state index in [9.17, 15) is 18.9 Å². The van der Waals surface area contributed by atoms with Gasteiger partial charge >= 0.3 is 36.4 Å². The summed E-state index contributed by atoms with van der Waals surface area (Å²) in [6.45, 7) is 29.8. The first kappa shape index (κ1) is 53.6. The fourth-order valence-electron chi connectivity index (χ4n) is 7.94. The molecule has 0 fully saturated rings. The second-order valence-corrected chi connectivity index (χ2v) is 23.8. The molecule has 2 aliphatic rings. The minimum absolute atomic E-state index is 0.00510. The molecule has 4 aromatic rings. The van der Waals surface area contributed by atoms with Crippen LogP contribution < -0.4 is 27.9 Å². The molecule has 2 unspecified atom stereocenters.